The third kappa shape index (κ3) is 5.06. The van der Waals surface area contributed by atoms with Gasteiger partial charge in [-0.1, -0.05) is 18.5 Å². The Balaban J connectivity index is 1.87. The Labute approximate surface area is 176 Å². The minimum atomic E-state index is -0.392. The summed E-state index contributed by atoms with van der Waals surface area (Å²) in [5.41, 5.74) is 1.16. The van der Waals surface area contributed by atoms with Gasteiger partial charge in [0.2, 0.25) is 0 Å². The van der Waals surface area contributed by atoms with Crippen molar-refractivity contribution in [2.75, 3.05) is 44.3 Å². The first-order valence-corrected chi connectivity index (χ1v) is 10.6. The molecule has 9 heteroatoms. The van der Waals surface area contributed by atoms with Crippen molar-refractivity contribution in [1.82, 2.24) is 19.4 Å². The highest BCUT2D eigenvalue weighted by molar-refractivity contribution is 6.29. The molecule has 1 fully saturated rings. The van der Waals surface area contributed by atoms with Crippen LogP contribution in [0.2, 0.25) is 5.15 Å². The molecule has 3 rings (SSSR count). The van der Waals surface area contributed by atoms with E-state index in [0.29, 0.717) is 54.9 Å². The van der Waals surface area contributed by atoms with Crippen LogP contribution in [0.4, 0.5) is 5.82 Å². The third-order valence-electron chi connectivity index (χ3n) is 5.48. The van der Waals surface area contributed by atoms with Crippen molar-refractivity contribution in [3.8, 4) is 0 Å². The predicted octanol–water partition coefficient (Wildman–Crippen LogP) is 1.76. The van der Waals surface area contributed by atoms with Crippen LogP contribution in [-0.4, -0.2) is 76.1 Å². The summed E-state index contributed by atoms with van der Waals surface area (Å²) in [5.74, 6) is 0.432. The van der Waals surface area contributed by atoms with Gasteiger partial charge in [0.15, 0.2) is 5.82 Å². The van der Waals surface area contributed by atoms with Crippen LogP contribution >= 0.6 is 11.6 Å². The van der Waals surface area contributed by atoms with Gasteiger partial charge in [0.05, 0.1) is 24.4 Å². The van der Waals surface area contributed by atoms with Gasteiger partial charge in [0, 0.05) is 51.4 Å². The standard InChI is InChI=1S/C20H30ClN5O3/c1-4-10-29-11-9-26-17-12-18(21)22-13-16(17)23-19(20(26)28)25-7-5-24(6-8-25)14(2)15(3)27/h12-15,27H,4-11H2,1-3H3/t14-,15+/m0/s1. The minimum absolute atomic E-state index is 0.0837. The molecule has 0 bridgehead atoms. The molecule has 8 nitrogen and oxygen atoms in total. The van der Waals surface area contributed by atoms with Gasteiger partial charge in [-0.05, 0) is 20.3 Å². The monoisotopic (exact) mass is 423 g/mol. The van der Waals surface area contributed by atoms with E-state index < -0.39 is 6.10 Å². The van der Waals surface area contributed by atoms with Crippen molar-refractivity contribution in [3.05, 3.63) is 27.8 Å². The Morgan fingerprint density at radius 2 is 1.97 bits per heavy atom. The second-order valence-electron chi connectivity index (χ2n) is 7.50. The van der Waals surface area contributed by atoms with E-state index in [1.165, 1.54) is 0 Å². The Bertz CT molecular complexity index is 880. The molecule has 0 aromatic carbocycles. The number of halogens is 1. The number of anilines is 1. The van der Waals surface area contributed by atoms with E-state index in [9.17, 15) is 9.90 Å². The zero-order chi connectivity index (χ0) is 21.0. The number of piperazine rings is 1. The lowest BCUT2D eigenvalue weighted by Gasteiger charge is -2.39. The van der Waals surface area contributed by atoms with E-state index in [-0.39, 0.29) is 11.6 Å². The van der Waals surface area contributed by atoms with E-state index in [4.69, 9.17) is 16.3 Å². The lowest BCUT2D eigenvalue weighted by Crippen LogP contribution is -2.53. The molecule has 160 valence electrons. The average molecular weight is 424 g/mol. The molecule has 0 radical (unpaired) electrons. The maximum atomic E-state index is 13.3. The largest absolute Gasteiger partial charge is 0.392 e. The summed E-state index contributed by atoms with van der Waals surface area (Å²) in [6, 6.07) is 1.76. The highest BCUT2D eigenvalue weighted by Crippen LogP contribution is 2.19. The Morgan fingerprint density at radius 3 is 2.62 bits per heavy atom. The molecule has 0 unspecified atom stereocenters. The molecule has 1 aliphatic rings. The molecule has 1 saturated heterocycles. The van der Waals surface area contributed by atoms with Crippen molar-refractivity contribution >= 4 is 28.5 Å². The normalized spacial score (nSPS) is 17.6. The van der Waals surface area contributed by atoms with Crippen molar-refractivity contribution in [2.24, 2.45) is 0 Å². The molecule has 0 aliphatic carbocycles. The van der Waals surface area contributed by atoms with Crippen LogP contribution in [0.5, 0.6) is 0 Å². The summed E-state index contributed by atoms with van der Waals surface area (Å²) >= 11 is 6.06. The van der Waals surface area contributed by atoms with E-state index in [1.54, 1.807) is 23.8 Å². The first-order valence-electron chi connectivity index (χ1n) is 10.2. The fraction of sp³-hybridized carbons (Fsp3) is 0.650. The number of ether oxygens (including phenoxy) is 1. The summed E-state index contributed by atoms with van der Waals surface area (Å²) in [6.45, 7) is 10.3. The molecule has 0 spiro atoms. The molecule has 2 aromatic heterocycles. The van der Waals surface area contributed by atoms with Crippen LogP contribution in [0.25, 0.3) is 11.0 Å². The SMILES string of the molecule is CCCOCCn1c(=O)c(N2CCN([C@@H](C)[C@@H](C)O)CC2)nc2cnc(Cl)cc21. The summed E-state index contributed by atoms with van der Waals surface area (Å²) in [7, 11) is 0. The third-order valence-corrected chi connectivity index (χ3v) is 5.68. The predicted molar refractivity (Wildman–Crippen MR) is 115 cm³/mol. The smallest absolute Gasteiger partial charge is 0.294 e. The highest BCUT2D eigenvalue weighted by Gasteiger charge is 2.26. The topological polar surface area (TPSA) is 83.7 Å². The van der Waals surface area contributed by atoms with Gasteiger partial charge in [-0.15, -0.1) is 0 Å². The van der Waals surface area contributed by atoms with Gasteiger partial charge in [0.1, 0.15) is 10.7 Å². The molecule has 0 saturated carbocycles. The molecule has 1 N–H and O–H groups in total. The number of aromatic nitrogens is 3. The molecule has 1 aliphatic heterocycles. The van der Waals surface area contributed by atoms with Crippen LogP contribution in [0.15, 0.2) is 17.1 Å². The van der Waals surface area contributed by atoms with Crippen molar-refractivity contribution in [1.29, 1.82) is 0 Å². The van der Waals surface area contributed by atoms with Gasteiger partial charge < -0.3 is 19.3 Å². The number of hydrogen-bond acceptors (Lipinski definition) is 7. The number of aliphatic hydroxyl groups is 1. The maximum Gasteiger partial charge on any atom is 0.294 e. The molecule has 3 heterocycles. The first-order chi connectivity index (χ1) is 13.9. The lowest BCUT2D eigenvalue weighted by atomic mass is 10.1. The molecule has 2 atom stereocenters. The van der Waals surface area contributed by atoms with Gasteiger partial charge in [-0.25, -0.2) is 9.97 Å². The van der Waals surface area contributed by atoms with Crippen LogP contribution in [0.3, 0.4) is 0 Å². The number of fused-ring (bicyclic) bond motifs is 1. The summed E-state index contributed by atoms with van der Waals surface area (Å²) in [5, 5.41) is 10.2. The van der Waals surface area contributed by atoms with Crippen LogP contribution in [0.1, 0.15) is 27.2 Å². The second kappa shape index (κ2) is 9.84. The summed E-state index contributed by atoms with van der Waals surface area (Å²) < 4.78 is 7.28. The minimum Gasteiger partial charge on any atom is -0.392 e. The van der Waals surface area contributed by atoms with Gasteiger partial charge >= 0.3 is 0 Å². The zero-order valence-electron chi connectivity index (χ0n) is 17.3. The van der Waals surface area contributed by atoms with Crippen molar-refractivity contribution < 1.29 is 9.84 Å². The van der Waals surface area contributed by atoms with Crippen LogP contribution in [0, 0.1) is 0 Å². The van der Waals surface area contributed by atoms with E-state index in [2.05, 4.69) is 21.8 Å². The Kier molecular flexibility index (Phi) is 7.45. The van der Waals surface area contributed by atoms with Gasteiger partial charge in [0.25, 0.3) is 5.56 Å². The van der Waals surface area contributed by atoms with Gasteiger partial charge in [-0.2, -0.15) is 0 Å². The fourth-order valence-electron chi connectivity index (χ4n) is 3.58. The quantitative estimate of drug-likeness (QED) is 0.511. The number of nitrogens with zero attached hydrogens (tertiary/aromatic N) is 5. The zero-order valence-corrected chi connectivity index (χ0v) is 18.1. The molecular weight excluding hydrogens is 394 g/mol. The van der Waals surface area contributed by atoms with E-state index >= 15 is 0 Å². The van der Waals surface area contributed by atoms with Gasteiger partial charge in [-0.3, -0.25) is 9.69 Å². The average Bonchev–Trinajstić information content (AvgIpc) is 2.72. The number of hydrogen-bond donors (Lipinski definition) is 1. The van der Waals surface area contributed by atoms with Crippen LogP contribution in [-0.2, 0) is 11.3 Å². The maximum absolute atomic E-state index is 13.3. The number of aliphatic hydroxyl groups excluding tert-OH is 1. The number of pyridine rings is 1. The van der Waals surface area contributed by atoms with E-state index in [1.807, 2.05) is 11.8 Å². The lowest BCUT2D eigenvalue weighted by molar-refractivity contribution is 0.0671. The fourth-order valence-corrected chi connectivity index (χ4v) is 3.74. The molecule has 29 heavy (non-hydrogen) atoms. The molecule has 2 aromatic rings. The van der Waals surface area contributed by atoms with E-state index in [0.717, 1.165) is 19.5 Å². The first kappa shape index (κ1) is 22.0. The Hall–Kier alpha value is -1.74. The number of rotatable bonds is 8. The van der Waals surface area contributed by atoms with Crippen molar-refractivity contribution in [2.45, 2.75) is 45.9 Å². The molecule has 0 amide bonds. The summed E-state index contributed by atoms with van der Waals surface area (Å²) in [6.07, 6.45) is 2.15. The highest BCUT2D eigenvalue weighted by atomic mass is 35.5. The summed E-state index contributed by atoms with van der Waals surface area (Å²) in [4.78, 5) is 26.3. The second-order valence-corrected chi connectivity index (χ2v) is 7.89. The molecular formula is C20H30ClN5O3. The van der Waals surface area contributed by atoms with Crippen LogP contribution < -0.4 is 10.5 Å². The Morgan fingerprint density at radius 1 is 1.24 bits per heavy atom. The van der Waals surface area contributed by atoms with Crippen molar-refractivity contribution in [3.63, 3.8) is 0 Å².